The van der Waals surface area contributed by atoms with Crippen LogP contribution in [0.4, 0.5) is 0 Å². The number of methoxy groups -OCH3 is 2. The van der Waals surface area contributed by atoms with Gasteiger partial charge in [-0.05, 0) is 52.9 Å². The highest BCUT2D eigenvalue weighted by molar-refractivity contribution is 14.1. The van der Waals surface area contributed by atoms with Gasteiger partial charge in [0.1, 0.15) is 0 Å². The molecule has 1 aromatic heterocycles. The Labute approximate surface area is 212 Å². The van der Waals surface area contributed by atoms with E-state index in [1.54, 1.807) is 36.1 Å². The first-order valence-corrected chi connectivity index (χ1v) is 11.0. The van der Waals surface area contributed by atoms with Gasteiger partial charge in [-0.3, -0.25) is 4.68 Å². The number of aryl methyl sites for hydroxylation is 1. The van der Waals surface area contributed by atoms with E-state index in [-0.39, 0.29) is 5.56 Å². The molecule has 0 aliphatic heterocycles. The number of esters is 2. The van der Waals surface area contributed by atoms with Crippen molar-refractivity contribution in [3.05, 3.63) is 71.3 Å². The second-order valence-corrected chi connectivity index (χ2v) is 8.68. The van der Waals surface area contributed by atoms with Gasteiger partial charge in [0.05, 0.1) is 41.1 Å². The maximum atomic E-state index is 11.6. The van der Waals surface area contributed by atoms with Crippen molar-refractivity contribution in [1.29, 1.82) is 0 Å². The number of halogens is 5. The number of carbonyl (C=O) groups excluding carboxylic acids is 2. The molecule has 164 valence electrons. The molecule has 0 fully saturated rings. The summed E-state index contributed by atoms with van der Waals surface area (Å²) in [5.41, 5.74) is 1.95. The number of hydrogen-bond donors (Lipinski definition) is 0. The van der Waals surface area contributed by atoms with Gasteiger partial charge < -0.3 is 9.47 Å². The molecular formula is C20H15Cl4IN2O4. The van der Waals surface area contributed by atoms with Crippen molar-refractivity contribution in [3.63, 3.8) is 0 Å². The van der Waals surface area contributed by atoms with Crippen molar-refractivity contribution >= 4 is 80.9 Å². The molecule has 0 spiro atoms. The summed E-state index contributed by atoms with van der Waals surface area (Å²) in [5, 5.41) is 5.61. The van der Waals surface area contributed by atoms with E-state index in [2.05, 4.69) is 14.6 Å². The molecule has 0 unspecified atom stereocenters. The zero-order chi connectivity index (χ0) is 23.3. The van der Waals surface area contributed by atoms with Crippen molar-refractivity contribution in [1.82, 2.24) is 9.78 Å². The van der Waals surface area contributed by atoms with Gasteiger partial charge in [-0.1, -0.05) is 46.4 Å². The molecule has 0 aliphatic carbocycles. The van der Waals surface area contributed by atoms with E-state index in [9.17, 15) is 9.59 Å². The summed E-state index contributed by atoms with van der Waals surface area (Å²) in [4.78, 5) is 22.8. The third-order valence-electron chi connectivity index (χ3n) is 3.94. The lowest BCUT2D eigenvalue weighted by molar-refractivity contribution is 0.0592. The Bertz CT molecular complexity index is 1130. The number of aromatic nitrogens is 2. The van der Waals surface area contributed by atoms with Crippen molar-refractivity contribution in [3.8, 4) is 11.3 Å². The average Bonchev–Trinajstić information content (AvgIpc) is 3.17. The van der Waals surface area contributed by atoms with Crippen LogP contribution in [-0.4, -0.2) is 35.9 Å². The lowest BCUT2D eigenvalue weighted by atomic mass is 10.1. The largest absolute Gasteiger partial charge is 0.465 e. The Morgan fingerprint density at radius 3 is 1.90 bits per heavy atom. The van der Waals surface area contributed by atoms with Gasteiger partial charge >= 0.3 is 11.9 Å². The van der Waals surface area contributed by atoms with E-state index in [1.807, 2.05) is 22.6 Å². The van der Waals surface area contributed by atoms with Crippen molar-refractivity contribution in [2.24, 2.45) is 7.05 Å². The standard InChI is InChI=1S/C12H10Cl2N2O2.C8H5Cl2IO2/c1-16-10(3-4-15-16)8-5-7(13)6-9(11(8)14)12(17)18-2;1-13-8(12)5-2-4(9)3-6(11)7(5)10/h3-6H,1-2H3;2-3H,1H3. The fourth-order valence-electron chi connectivity index (χ4n) is 2.49. The third kappa shape index (κ3) is 6.26. The molecule has 2 aromatic carbocycles. The highest BCUT2D eigenvalue weighted by atomic mass is 127. The third-order valence-corrected chi connectivity index (χ3v) is 6.36. The Hall–Kier alpha value is -1.52. The number of benzene rings is 2. The summed E-state index contributed by atoms with van der Waals surface area (Å²) in [5.74, 6) is -1.00. The summed E-state index contributed by atoms with van der Waals surface area (Å²) in [6.45, 7) is 0. The number of carbonyl (C=O) groups is 2. The Kier molecular flexibility index (Phi) is 9.45. The lowest BCUT2D eigenvalue weighted by Gasteiger charge is -2.09. The van der Waals surface area contributed by atoms with Crippen LogP contribution >= 0.6 is 69.0 Å². The fraction of sp³-hybridized carbons (Fsp3) is 0.150. The quantitative estimate of drug-likeness (QED) is 0.190. The van der Waals surface area contributed by atoms with Crippen LogP contribution < -0.4 is 0 Å². The minimum absolute atomic E-state index is 0.239. The Morgan fingerprint density at radius 1 is 0.903 bits per heavy atom. The minimum atomic E-state index is -0.522. The van der Waals surface area contributed by atoms with E-state index in [1.165, 1.54) is 26.4 Å². The second-order valence-electron chi connectivity index (χ2n) is 5.89. The Morgan fingerprint density at radius 2 is 1.42 bits per heavy atom. The lowest BCUT2D eigenvalue weighted by Crippen LogP contribution is -2.04. The van der Waals surface area contributed by atoms with Crippen LogP contribution in [0, 0.1) is 3.57 Å². The zero-order valence-electron chi connectivity index (χ0n) is 16.4. The summed E-state index contributed by atoms with van der Waals surface area (Å²) < 4.78 is 11.6. The number of nitrogens with zero attached hydrogens (tertiary/aromatic N) is 2. The topological polar surface area (TPSA) is 70.4 Å². The summed E-state index contributed by atoms with van der Waals surface area (Å²) in [6, 6.07) is 8.12. The molecule has 31 heavy (non-hydrogen) atoms. The molecule has 3 aromatic rings. The van der Waals surface area contributed by atoms with E-state index >= 15 is 0 Å². The maximum Gasteiger partial charge on any atom is 0.339 e. The Balaban J connectivity index is 0.000000233. The van der Waals surface area contributed by atoms with Gasteiger partial charge in [-0.2, -0.15) is 5.10 Å². The number of hydrogen-bond acceptors (Lipinski definition) is 5. The summed E-state index contributed by atoms with van der Waals surface area (Å²) in [7, 11) is 4.38. The molecule has 6 nitrogen and oxygen atoms in total. The first-order chi connectivity index (χ1) is 14.6. The van der Waals surface area contributed by atoms with Crippen LogP contribution in [0.1, 0.15) is 20.7 Å². The first-order valence-electron chi connectivity index (χ1n) is 8.39. The van der Waals surface area contributed by atoms with Crippen LogP contribution in [-0.2, 0) is 16.5 Å². The normalized spacial score (nSPS) is 10.2. The van der Waals surface area contributed by atoms with Gasteiger partial charge in [0.2, 0.25) is 0 Å². The molecule has 11 heteroatoms. The fourth-order valence-corrected chi connectivity index (χ4v) is 4.20. The van der Waals surface area contributed by atoms with E-state index < -0.39 is 11.9 Å². The summed E-state index contributed by atoms with van der Waals surface area (Å²) in [6.07, 6.45) is 1.64. The van der Waals surface area contributed by atoms with Gasteiger partial charge in [-0.25, -0.2) is 9.59 Å². The average molecular weight is 616 g/mol. The van der Waals surface area contributed by atoms with Crippen LogP contribution in [0.3, 0.4) is 0 Å². The van der Waals surface area contributed by atoms with E-state index in [4.69, 9.17) is 46.4 Å². The molecule has 0 atom stereocenters. The molecular weight excluding hydrogens is 601 g/mol. The second kappa shape index (κ2) is 11.4. The molecule has 0 saturated heterocycles. The van der Waals surface area contributed by atoms with Crippen molar-refractivity contribution in [2.75, 3.05) is 14.2 Å². The molecule has 0 radical (unpaired) electrons. The first kappa shape index (κ1) is 25.7. The number of ether oxygens (including phenoxy) is 2. The van der Waals surface area contributed by atoms with Crippen LogP contribution in [0.25, 0.3) is 11.3 Å². The van der Waals surface area contributed by atoms with Crippen LogP contribution in [0.15, 0.2) is 36.5 Å². The molecule has 0 bridgehead atoms. The highest BCUT2D eigenvalue weighted by Crippen LogP contribution is 2.34. The van der Waals surface area contributed by atoms with E-state index in [0.717, 1.165) is 9.26 Å². The SMILES string of the molecule is COC(=O)c1cc(Cl)cc(-c2ccnn2C)c1Cl.COC(=O)c1cc(Cl)cc(I)c1Cl. The van der Waals surface area contributed by atoms with Crippen LogP contribution in [0.5, 0.6) is 0 Å². The van der Waals surface area contributed by atoms with Crippen molar-refractivity contribution in [2.45, 2.75) is 0 Å². The minimum Gasteiger partial charge on any atom is -0.465 e. The van der Waals surface area contributed by atoms with Gasteiger partial charge in [0, 0.05) is 32.4 Å². The predicted octanol–water partition coefficient (Wildman–Crippen LogP) is 6.57. The molecule has 0 N–H and O–H groups in total. The smallest absolute Gasteiger partial charge is 0.339 e. The molecule has 0 amide bonds. The monoisotopic (exact) mass is 614 g/mol. The zero-order valence-corrected chi connectivity index (χ0v) is 21.6. The molecule has 0 aliphatic rings. The highest BCUT2D eigenvalue weighted by Gasteiger charge is 2.18. The molecule has 1 heterocycles. The van der Waals surface area contributed by atoms with Crippen LogP contribution in [0.2, 0.25) is 20.1 Å². The molecule has 0 saturated carbocycles. The molecule has 3 rings (SSSR count). The summed E-state index contributed by atoms with van der Waals surface area (Å²) >= 11 is 25.8. The van der Waals surface area contributed by atoms with E-state index in [0.29, 0.717) is 31.2 Å². The maximum absolute atomic E-state index is 11.6. The predicted molar refractivity (Wildman–Crippen MR) is 131 cm³/mol. The van der Waals surface area contributed by atoms with Gasteiger partial charge in [0.15, 0.2) is 0 Å². The number of rotatable bonds is 3. The van der Waals surface area contributed by atoms with Crippen molar-refractivity contribution < 1.29 is 19.1 Å². The van der Waals surface area contributed by atoms with Gasteiger partial charge in [0.25, 0.3) is 0 Å². The van der Waals surface area contributed by atoms with Gasteiger partial charge in [-0.15, -0.1) is 0 Å².